The van der Waals surface area contributed by atoms with E-state index in [0.29, 0.717) is 10.8 Å². The Balaban J connectivity index is 2.18. The van der Waals surface area contributed by atoms with E-state index in [2.05, 4.69) is 15.1 Å². The molecule has 3 aromatic rings. The molecule has 1 aromatic carbocycles. The van der Waals surface area contributed by atoms with Gasteiger partial charge in [-0.3, -0.25) is 0 Å². The first-order valence-electron chi connectivity index (χ1n) is 6.27. The number of hydrogen-bond acceptors (Lipinski definition) is 3. The molecule has 0 aliphatic rings. The van der Waals surface area contributed by atoms with Crippen molar-refractivity contribution in [3.05, 3.63) is 59.1 Å². The average Bonchev–Trinajstić information content (AvgIpc) is 2.93. The number of para-hydroxylation sites is 1. The molecule has 0 unspecified atom stereocenters. The van der Waals surface area contributed by atoms with Crippen LogP contribution in [0, 0.1) is 13.8 Å². The van der Waals surface area contributed by atoms with Crippen LogP contribution in [0.25, 0.3) is 17.1 Å². The van der Waals surface area contributed by atoms with Crippen molar-refractivity contribution in [3.8, 4) is 17.1 Å². The lowest BCUT2D eigenvalue weighted by molar-refractivity contribution is 0.880. The number of hydrogen-bond donors (Lipinski definition) is 0. The van der Waals surface area contributed by atoms with E-state index in [0.717, 1.165) is 22.8 Å². The number of nitrogens with zero attached hydrogens (tertiary/aromatic N) is 4. The van der Waals surface area contributed by atoms with Gasteiger partial charge < -0.3 is 0 Å². The Hall–Kier alpha value is -2.20. The molecule has 0 saturated heterocycles. The molecule has 0 bridgehead atoms. The monoisotopic (exact) mass is 284 g/mol. The summed E-state index contributed by atoms with van der Waals surface area (Å²) in [6, 6.07) is 11.8. The van der Waals surface area contributed by atoms with E-state index in [4.69, 9.17) is 11.6 Å². The molecule has 4 nitrogen and oxygen atoms in total. The molecule has 0 atom stereocenters. The first kappa shape index (κ1) is 12.8. The van der Waals surface area contributed by atoms with Crippen molar-refractivity contribution in [2.45, 2.75) is 13.8 Å². The van der Waals surface area contributed by atoms with E-state index >= 15 is 0 Å². The van der Waals surface area contributed by atoms with Crippen molar-refractivity contribution in [1.29, 1.82) is 0 Å². The molecule has 0 fully saturated rings. The fourth-order valence-corrected chi connectivity index (χ4v) is 2.26. The summed E-state index contributed by atoms with van der Waals surface area (Å²) in [6.07, 6.45) is 1.73. The SMILES string of the molecule is Cc1nc(Cl)c(-c2ccnn2-c2ccccc2)nc1C. The lowest BCUT2D eigenvalue weighted by Gasteiger charge is -2.09. The van der Waals surface area contributed by atoms with Gasteiger partial charge in [0.15, 0.2) is 5.15 Å². The predicted molar refractivity (Wildman–Crippen MR) is 79.1 cm³/mol. The molecule has 0 amide bonds. The van der Waals surface area contributed by atoms with Crippen molar-refractivity contribution in [3.63, 3.8) is 0 Å². The smallest absolute Gasteiger partial charge is 0.157 e. The van der Waals surface area contributed by atoms with Crippen molar-refractivity contribution in [2.75, 3.05) is 0 Å². The highest BCUT2D eigenvalue weighted by molar-refractivity contribution is 6.31. The first-order valence-corrected chi connectivity index (χ1v) is 6.65. The van der Waals surface area contributed by atoms with E-state index in [1.807, 2.05) is 54.9 Å². The highest BCUT2D eigenvalue weighted by Crippen LogP contribution is 2.26. The van der Waals surface area contributed by atoms with Gasteiger partial charge in [-0.1, -0.05) is 29.8 Å². The fourth-order valence-electron chi connectivity index (χ4n) is 2.00. The van der Waals surface area contributed by atoms with E-state index in [-0.39, 0.29) is 0 Å². The van der Waals surface area contributed by atoms with E-state index < -0.39 is 0 Å². The van der Waals surface area contributed by atoms with Crippen molar-refractivity contribution < 1.29 is 0 Å². The summed E-state index contributed by atoms with van der Waals surface area (Å²) in [6.45, 7) is 3.82. The molecular weight excluding hydrogens is 272 g/mol. The summed E-state index contributed by atoms with van der Waals surface area (Å²) >= 11 is 6.24. The molecule has 0 spiro atoms. The molecule has 0 saturated carbocycles. The molecule has 5 heteroatoms. The zero-order valence-electron chi connectivity index (χ0n) is 11.2. The van der Waals surface area contributed by atoms with Crippen molar-refractivity contribution in [2.24, 2.45) is 0 Å². The van der Waals surface area contributed by atoms with Gasteiger partial charge in [0, 0.05) is 0 Å². The van der Waals surface area contributed by atoms with Crippen LogP contribution in [0.1, 0.15) is 11.4 Å². The molecule has 0 aliphatic heterocycles. The van der Waals surface area contributed by atoms with Gasteiger partial charge in [0.05, 0.1) is 29.0 Å². The van der Waals surface area contributed by atoms with E-state index in [1.54, 1.807) is 6.20 Å². The molecular formula is C15H13ClN4. The van der Waals surface area contributed by atoms with Gasteiger partial charge in [0.2, 0.25) is 0 Å². The molecule has 0 radical (unpaired) electrons. The fraction of sp³-hybridized carbons (Fsp3) is 0.133. The Morgan fingerprint density at radius 1 is 0.950 bits per heavy atom. The van der Waals surface area contributed by atoms with Crippen LogP contribution in [0.3, 0.4) is 0 Å². The maximum atomic E-state index is 6.24. The summed E-state index contributed by atoms with van der Waals surface area (Å²) in [5, 5.41) is 4.74. The molecule has 2 heterocycles. The summed E-state index contributed by atoms with van der Waals surface area (Å²) in [7, 11) is 0. The minimum absolute atomic E-state index is 0.394. The van der Waals surface area contributed by atoms with Gasteiger partial charge in [-0.25, -0.2) is 14.6 Å². The summed E-state index contributed by atoms with van der Waals surface area (Å²) in [4.78, 5) is 8.87. The van der Waals surface area contributed by atoms with E-state index in [9.17, 15) is 0 Å². The maximum absolute atomic E-state index is 6.24. The van der Waals surface area contributed by atoms with Crippen LogP contribution in [0.4, 0.5) is 0 Å². The topological polar surface area (TPSA) is 43.6 Å². The quantitative estimate of drug-likeness (QED) is 0.722. The Kier molecular flexibility index (Phi) is 3.24. The van der Waals surface area contributed by atoms with Crippen LogP contribution in [-0.4, -0.2) is 19.7 Å². The second-order valence-electron chi connectivity index (χ2n) is 4.50. The number of halogens is 1. The van der Waals surface area contributed by atoms with Gasteiger partial charge in [0.1, 0.15) is 5.69 Å². The third kappa shape index (κ3) is 2.18. The van der Waals surface area contributed by atoms with Crippen LogP contribution in [0.2, 0.25) is 5.15 Å². The van der Waals surface area contributed by atoms with Crippen LogP contribution in [-0.2, 0) is 0 Å². The largest absolute Gasteiger partial charge is 0.246 e. The molecule has 20 heavy (non-hydrogen) atoms. The van der Waals surface area contributed by atoms with Crippen LogP contribution >= 0.6 is 11.6 Å². The van der Waals surface area contributed by atoms with Crippen molar-refractivity contribution in [1.82, 2.24) is 19.7 Å². The molecule has 100 valence electrons. The van der Waals surface area contributed by atoms with Crippen LogP contribution < -0.4 is 0 Å². The Labute approximate surface area is 122 Å². The number of benzene rings is 1. The summed E-state index contributed by atoms with van der Waals surface area (Å²) in [5.74, 6) is 0. The number of rotatable bonds is 2. The van der Waals surface area contributed by atoms with Gasteiger partial charge in [-0.05, 0) is 32.0 Å². The van der Waals surface area contributed by atoms with Crippen molar-refractivity contribution >= 4 is 11.6 Å². The van der Waals surface area contributed by atoms with Gasteiger partial charge >= 0.3 is 0 Å². The Morgan fingerprint density at radius 3 is 2.40 bits per heavy atom. The third-order valence-electron chi connectivity index (χ3n) is 3.15. The molecule has 2 aromatic heterocycles. The lowest BCUT2D eigenvalue weighted by Crippen LogP contribution is -2.03. The highest BCUT2D eigenvalue weighted by atomic mass is 35.5. The van der Waals surface area contributed by atoms with Gasteiger partial charge in [-0.2, -0.15) is 5.10 Å². The van der Waals surface area contributed by atoms with Crippen LogP contribution in [0.5, 0.6) is 0 Å². The van der Waals surface area contributed by atoms with Gasteiger partial charge in [-0.15, -0.1) is 0 Å². The zero-order valence-corrected chi connectivity index (χ0v) is 12.0. The average molecular weight is 285 g/mol. The minimum atomic E-state index is 0.394. The first-order chi connectivity index (χ1) is 9.66. The number of aryl methyl sites for hydroxylation is 2. The second-order valence-corrected chi connectivity index (χ2v) is 4.86. The molecule has 3 rings (SSSR count). The van der Waals surface area contributed by atoms with Gasteiger partial charge in [0.25, 0.3) is 0 Å². The van der Waals surface area contributed by atoms with Crippen LogP contribution in [0.15, 0.2) is 42.6 Å². The molecule has 0 N–H and O–H groups in total. The zero-order chi connectivity index (χ0) is 14.1. The Morgan fingerprint density at radius 2 is 1.65 bits per heavy atom. The summed E-state index contributed by atoms with van der Waals surface area (Å²) < 4.78 is 1.81. The lowest BCUT2D eigenvalue weighted by atomic mass is 10.2. The maximum Gasteiger partial charge on any atom is 0.157 e. The normalized spacial score (nSPS) is 10.8. The number of aromatic nitrogens is 4. The second kappa shape index (κ2) is 5.06. The Bertz CT molecular complexity index is 750. The summed E-state index contributed by atoms with van der Waals surface area (Å²) in [5.41, 5.74) is 4.14. The standard InChI is InChI=1S/C15H13ClN4/c1-10-11(2)19-15(16)14(18-10)13-8-9-17-20(13)12-6-4-3-5-7-12/h3-9H,1-2H3. The third-order valence-corrected chi connectivity index (χ3v) is 3.41. The molecule has 0 aliphatic carbocycles. The minimum Gasteiger partial charge on any atom is -0.246 e. The van der Waals surface area contributed by atoms with E-state index in [1.165, 1.54) is 0 Å². The highest BCUT2D eigenvalue weighted by Gasteiger charge is 2.14. The predicted octanol–water partition coefficient (Wildman–Crippen LogP) is 3.60.